The maximum Gasteiger partial charge on any atom is 0.253 e. The molecule has 1 aliphatic rings. The molecule has 0 radical (unpaired) electrons. The van der Waals surface area contributed by atoms with E-state index in [0.717, 1.165) is 49.2 Å². The first kappa shape index (κ1) is 17.2. The van der Waals surface area contributed by atoms with E-state index in [9.17, 15) is 4.79 Å². The fourth-order valence-electron chi connectivity index (χ4n) is 3.04. The summed E-state index contributed by atoms with van der Waals surface area (Å²) in [6, 6.07) is 16.3. The molecule has 1 saturated heterocycles. The van der Waals surface area contributed by atoms with Gasteiger partial charge in [0.15, 0.2) is 0 Å². The van der Waals surface area contributed by atoms with Crippen molar-refractivity contribution in [3.05, 3.63) is 69.7 Å². The molecule has 126 valence electrons. The summed E-state index contributed by atoms with van der Waals surface area (Å²) in [7, 11) is 0. The summed E-state index contributed by atoms with van der Waals surface area (Å²) in [4.78, 5) is 17.0. The molecule has 0 N–H and O–H groups in total. The predicted octanol–water partition coefficient (Wildman–Crippen LogP) is 3.97. The molecule has 0 bridgehead atoms. The van der Waals surface area contributed by atoms with Crippen LogP contribution in [0.15, 0.2) is 53.0 Å². The molecule has 1 fully saturated rings. The Hall–Kier alpha value is -1.65. The van der Waals surface area contributed by atoms with Gasteiger partial charge < -0.3 is 4.90 Å². The van der Waals surface area contributed by atoms with Crippen LogP contribution in [0.5, 0.6) is 0 Å². The lowest BCUT2D eigenvalue weighted by Crippen LogP contribution is -2.48. The minimum atomic E-state index is 0.151. The number of benzene rings is 2. The zero-order valence-electron chi connectivity index (χ0n) is 14.0. The van der Waals surface area contributed by atoms with Gasteiger partial charge in [0, 0.05) is 42.8 Å². The summed E-state index contributed by atoms with van der Waals surface area (Å²) in [5.41, 5.74) is 3.36. The van der Waals surface area contributed by atoms with Crippen molar-refractivity contribution in [2.75, 3.05) is 26.2 Å². The second-order valence-corrected chi connectivity index (χ2v) is 7.06. The van der Waals surface area contributed by atoms with Crippen LogP contribution < -0.4 is 0 Å². The van der Waals surface area contributed by atoms with Crippen LogP contribution >= 0.6 is 15.9 Å². The normalized spacial score (nSPS) is 15.5. The Morgan fingerprint density at radius 2 is 1.67 bits per heavy atom. The van der Waals surface area contributed by atoms with E-state index in [-0.39, 0.29) is 5.91 Å². The maximum atomic E-state index is 12.6. The molecule has 0 spiro atoms. The predicted molar refractivity (Wildman–Crippen MR) is 101 cm³/mol. The minimum Gasteiger partial charge on any atom is -0.336 e. The van der Waals surface area contributed by atoms with Gasteiger partial charge >= 0.3 is 0 Å². The highest BCUT2D eigenvalue weighted by Gasteiger charge is 2.22. The molecular formula is C20H23BrN2O. The molecule has 24 heavy (non-hydrogen) atoms. The van der Waals surface area contributed by atoms with Crippen molar-refractivity contribution < 1.29 is 4.79 Å². The van der Waals surface area contributed by atoms with E-state index in [1.165, 1.54) is 11.1 Å². The molecule has 1 amide bonds. The fourth-order valence-corrected chi connectivity index (χ4v) is 3.45. The Labute approximate surface area is 152 Å². The van der Waals surface area contributed by atoms with Gasteiger partial charge in [-0.25, -0.2) is 0 Å². The fraction of sp³-hybridized carbons (Fsp3) is 0.350. The number of carbonyl (C=O) groups excluding carboxylic acids is 1. The second kappa shape index (κ2) is 7.95. The third-order valence-electron chi connectivity index (χ3n) is 4.62. The third kappa shape index (κ3) is 4.05. The molecule has 4 heteroatoms. The zero-order chi connectivity index (χ0) is 16.9. The van der Waals surface area contributed by atoms with Crippen molar-refractivity contribution in [3.8, 4) is 0 Å². The standard InChI is InChI=1S/C20H23BrN2O/c1-2-16-7-9-17(10-8-16)20(24)23-13-11-22(12-14-23)15-18-5-3-4-6-19(18)21/h3-10H,2,11-15H2,1H3. The van der Waals surface area contributed by atoms with Crippen molar-refractivity contribution >= 4 is 21.8 Å². The molecule has 0 aliphatic carbocycles. The number of nitrogens with zero attached hydrogens (tertiary/aromatic N) is 2. The van der Waals surface area contributed by atoms with Crippen LogP contribution in [0, 0.1) is 0 Å². The Balaban J connectivity index is 1.56. The van der Waals surface area contributed by atoms with E-state index >= 15 is 0 Å². The SMILES string of the molecule is CCc1ccc(C(=O)N2CCN(Cc3ccccc3Br)CC2)cc1. The first-order valence-corrected chi connectivity index (χ1v) is 9.30. The Morgan fingerprint density at radius 1 is 1.00 bits per heavy atom. The lowest BCUT2D eigenvalue weighted by atomic mass is 10.1. The molecule has 1 heterocycles. The average molecular weight is 387 g/mol. The largest absolute Gasteiger partial charge is 0.336 e. The number of hydrogen-bond acceptors (Lipinski definition) is 2. The lowest BCUT2D eigenvalue weighted by Gasteiger charge is -2.35. The van der Waals surface area contributed by atoms with Gasteiger partial charge in [-0.05, 0) is 35.7 Å². The van der Waals surface area contributed by atoms with Crippen molar-refractivity contribution in [3.63, 3.8) is 0 Å². The monoisotopic (exact) mass is 386 g/mol. The number of amides is 1. The number of carbonyl (C=O) groups is 1. The molecule has 0 aromatic heterocycles. The molecule has 3 rings (SSSR count). The van der Waals surface area contributed by atoms with E-state index in [1.54, 1.807) is 0 Å². The number of piperazine rings is 1. The Morgan fingerprint density at radius 3 is 2.29 bits per heavy atom. The van der Waals surface area contributed by atoms with E-state index in [4.69, 9.17) is 0 Å². The number of hydrogen-bond donors (Lipinski definition) is 0. The molecule has 2 aromatic rings. The molecular weight excluding hydrogens is 364 g/mol. The Bertz CT molecular complexity index is 691. The van der Waals surface area contributed by atoms with E-state index in [2.05, 4.69) is 58.1 Å². The van der Waals surface area contributed by atoms with Gasteiger partial charge in [-0.3, -0.25) is 9.69 Å². The van der Waals surface area contributed by atoms with Gasteiger partial charge in [0.1, 0.15) is 0 Å². The topological polar surface area (TPSA) is 23.6 Å². The summed E-state index contributed by atoms with van der Waals surface area (Å²) >= 11 is 3.61. The van der Waals surface area contributed by atoms with Gasteiger partial charge in [0.05, 0.1) is 0 Å². The smallest absolute Gasteiger partial charge is 0.253 e. The summed E-state index contributed by atoms with van der Waals surface area (Å²) in [6.07, 6.45) is 1.00. The number of halogens is 1. The highest BCUT2D eigenvalue weighted by molar-refractivity contribution is 9.10. The first-order valence-electron chi connectivity index (χ1n) is 8.51. The van der Waals surface area contributed by atoms with Crippen LogP contribution in [-0.4, -0.2) is 41.9 Å². The van der Waals surface area contributed by atoms with Crippen LogP contribution in [0.2, 0.25) is 0 Å². The van der Waals surface area contributed by atoms with Gasteiger partial charge in [-0.1, -0.05) is 53.2 Å². The van der Waals surface area contributed by atoms with Crippen molar-refractivity contribution in [1.82, 2.24) is 9.80 Å². The van der Waals surface area contributed by atoms with Crippen LogP contribution in [0.1, 0.15) is 28.4 Å². The summed E-state index contributed by atoms with van der Waals surface area (Å²) < 4.78 is 1.15. The van der Waals surface area contributed by atoms with Crippen LogP contribution in [0.25, 0.3) is 0 Å². The summed E-state index contributed by atoms with van der Waals surface area (Å²) in [5, 5.41) is 0. The van der Waals surface area contributed by atoms with Crippen LogP contribution in [0.4, 0.5) is 0 Å². The van der Waals surface area contributed by atoms with Crippen molar-refractivity contribution in [1.29, 1.82) is 0 Å². The van der Waals surface area contributed by atoms with Gasteiger partial charge in [0.25, 0.3) is 5.91 Å². The number of aryl methyl sites for hydroxylation is 1. The van der Waals surface area contributed by atoms with Crippen molar-refractivity contribution in [2.24, 2.45) is 0 Å². The quantitative estimate of drug-likeness (QED) is 0.793. The number of rotatable bonds is 4. The third-order valence-corrected chi connectivity index (χ3v) is 5.39. The average Bonchev–Trinajstić information content (AvgIpc) is 2.64. The van der Waals surface area contributed by atoms with Crippen molar-refractivity contribution in [2.45, 2.75) is 19.9 Å². The molecule has 1 aliphatic heterocycles. The van der Waals surface area contributed by atoms with Crippen LogP contribution in [0.3, 0.4) is 0 Å². The highest BCUT2D eigenvalue weighted by atomic mass is 79.9. The molecule has 3 nitrogen and oxygen atoms in total. The van der Waals surface area contributed by atoms with Gasteiger partial charge in [0.2, 0.25) is 0 Å². The first-order chi connectivity index (χ1) is 11.7. The van der Waals surface area contributed by atoms with Gasteiger partial charge in [-0.15, -0.1) is 0 Å². The molecule has 2 aromatic carbocycles. The zero-order valence-corrected chi connectivity index (χ0v) is 15.6. The second-order valence-electron chi connectivity index (χ2n) is 6.21. The highest BCUT2D eigenvalue weighted by Crippen LogP contribution is 2.19. The van der Waals surface area contributed by atoms with Gasteiger partial charge in [-0.2, -0.15) is 0 Å². The molecule has 0 atom stereocenters. The van der Waals surface area contributed by atoms with E-state index in [1.807, 2.05) is 23.1 Å². The van der Waals surface area contributed by atoms with Crippen LogP contribution in [-0.2, 0) is 13.0 Å². The Kier molecular flexibility index (Phi) is 5.69. The maximum absolute atomic E-state index is 12.6. The molecule has 0 unspecified atom stereocenters. The van der Waals surface area contributed by atoms with E-state index < -0.39 is 0 Å². The minimum absolute atomic E-state index is 0.151. The summed E-state index contributed by atoms with van der Waals surface area (Å²) in [5.74, 6) is 0.151. The summed E-state index contributed by atoms with van der Waals surface area (Å²) in [6.45, 7) is 6.47. The lowest BCUT2D eigenvalue weighted by molar-refractivity contribution is 0.0628. The van der Waals surface area contributed by atoms with E-state index in [0.29, 0.717) is 0 Å². The molecule has 0 saturated carbocycles.